The molecule has 1 heterocycles. The molecule has 3 amide bonds. The lowest BCUT2D eigenvalue weighted by atomic mass is 10.00. The molecule has 39 heavy (non-hydrogen) atoms. The van der Waals surface area contributed by atoms with Crippen LogP contribution in [0.1, 0.15) is 43.6 Å². The van der Waals surface area contributed by atoms with E-state index < -0.39 is 35.8 Å². The number of carbonyl (C=O) groups excluding carboxylic acids is 4. The molecule has 0 aliphatic heterocycles. The molecule has 3 aromatic rings. The number of pyridine rings is 1. The molecule has 3 rings (SSSR count). The van der Waals surface area contributed by atoms with Gasteiger partial charge in [0.25, 0.3) is 5.91 Å². The second kappa shape index (κ2) is 13.3. The summed E-state index contributed by atoms with van der Waals surface area (Å²) in [5, 5.41) is 17.7. The maximum absolute atomic E-state index is 13.3. The Labute approximate surface area is 228 Å². The monoisotopic (exact) mass is 530 g/mol. The molecule has 4 N–H and O–H groups in total. The fourth-order valence-corrected chi connectivity index (χ4v) is 3.86. The summed E-state index contributed by atoms with van der Waals surface area (Å²) in [6.45, 7) is 6.52. The van der Waals surface area contributed by atoms with Crippen molar-refractivity contribution in [2.75, 3.05) is 0 Å². The highest BCUT2D eigenvalue weighted by Gasteiger charge is 2.30. The number of ketones is 1. The van der Waals surface area contributed by atoms with Gasteiger partial charge in [0.15, 0.2) is 5.78 Å². The van der Waals surface area contributed by atoms with Gasteiger partial charge >= 0.3 is 0 Å². The number of benzene rings is 2. The lowest BCUT2D eigenvalue weighted by Gasteiger charge is -2.26. The summed E-state index contributed by atoms with van der Waals surface area (Å²) in [4.78, 5) is 55.2. The number of rotatable bonds is 11. The largest absolute Gasteiger partial charge is 0.508 e. The van der Waals surface area contributed by atoms with E-state index in [1.165, 1.54) is 19.1 Å². The van der Waals surface area contributed by atoms with E-state index in [-0.39, 0.29) is 23.9 Å². The van der Waals surface area contributed by atoms with E-state index in [0.717, 1.165) is 11.1 Å². The lowest BCUT2D eigenvalue weighted by Crippen LogP contribution is -2.57. The molecule has 3 unspecified atom stereocenters. The van der Waals surface area contributed by atoms with Crippen molar-refractivity contribution in [1.82, 2.24) is 20.9 Å². The first-order valence-corrected chi connectivity index (χ1v) is 12.8. The van der Waals surface area contributed by atoms with Crippen molar-refractivity contribution in [3.63, 3.8) is 0 Å². The molecule has 9 heteroatoms. The molecule has 2 aromatic carbocycles. The van der Waals surface area contributed by atoms with Gasteiger partial charge in [-0.15, -0.1) is 0 Å². The van der Waals surface area contributed by atoms with Crippen molar-refractivity contribution < 1.29 is 24.3 Å². The molecule has 0 radical (unpaired) electrons. The summed E-state index contributed by atoms with van der Waals surface area (Å²) in [7, 11) is 0. The highest BCUT2D eigenvalue weighted by atomic mass is 16.3. The highest BCUT2D eigenvalue weighted by molar-refractivity contribution is 5.99. The topological polar surface area (TPSA) is 137 Å². The average Bonchev–Trinajstić information content (AvgIpc) is 2.92. The van der Waals surface area contributed by atoms with Crippen molar-refractivity contribution in [2.45, 2.75) is 52.2 Å². The summed E-state index contributed by atoms with van der Waals surface area (Å²) in [5.74, 6) is -1.91. The van der Waals surface area contributed by atoms with Crippen LogP contribution in [-0.2, 0) is 20.8 Å². The zero-order valence-electron chi connectivity index (χ0n) is 22.5. The quantitative estimate of drug-likeness (QED) is 0.301. The molecular weight excluding hydrogens is 496 g/mol. The predicted octanol–water partition coefficient (Wildman–Crippen LogP) is 3.03. The Morgan fingerprint density at radius 2 is 1.49 bits per heavy atom. The Hall–Kier alpha value is -4.53. The Morgan fingerprint density at radius 3 is 2.05 bits per heavy atom. The van der Waals surface area contributed by atoms with E-state index >= 15 is 0 Å². The Bertz CT molecular complexity index is 1290. The van der Waals surface area contributed by atoms with Crippen LogP contribution in [0.3, 0.4) is 0 Å². The number of carbonyl (C=O) groups is 4. The van der Waals surface area contributed by atoms with Gasteiger partial charge in [0.1, 0.15) is 17.8 Å². The number of hydrogen-bond donors (Lipinski definition) is 4. The summed E-state index contributed by atoms with van der Waals surface area (Å²) < 4.78 is 0. The number of nitrogens with one attached hydrogen (secondary N) is 3. The summed E-state index contributed by atoms with van der Waals surface area (Å²) in [6.07, 6.45) is 3.54. The molecule has 0 fully saturated rings. The third-order valence-corrected chi connectivity index (χ3v) is 6.36. The van der Waals surface area contributed by atoms with Crippen LogP contribution in [0.25, 0.3) is 11.1 Å². The van der Waals surface area contributed by atoms with Crippen LogP contribution in [0.4, 0.5) is 0 Å². The first-order valence-electron chi connectivity index (χ1n) is 12.8. The zero-order chi connectivity index (χ0) is 28.5. The van der Waals surface area contributed by atoms with Crippen molar-refractivity contribution >= 4 is 23.5 Å². The summed E-state index contributed by atoms with van der Waals surface area (Å²) >= 11 is 0. The predicted molar refractivity (Wildman–Crippen MR) is 148 cm³/mol. The van der Waals surface area contributed by atoms with E-state index in [2.05, 4.69) is 20.9 Å². The third kappa shape index (κ3) is 8.23. The standard InChI is InChI=1S/C30H34N4O5/c1-18(2)27(34-28(37)23-11-9-22(10-12-23)24-6-5-15-31-17-24)30(39)33-26(29(38)32-19(3)20(4)35)16-21-7-13-25(36)14-8-21/h5-15,17-19,26-27,36H,16H2,1-4H3,(H,32,38)(H,33,39)(H,34,37). The van der Waals surface area contributed by atoms with Gasteiger partial charge in [0, 0.05) is 24.4 Å². The van der Waals surface area contributed by atoms with Gasteiger partial charge in [0.2, 0.25) is 11.8 Å². The number of hydrogen-bond acceptors (Lipinski definition) is 6. The fraction of sp³-hybridized carbons (Fsp3) is 0.300. The van der Waals surface area contributed by atoms with Crippen LogP contribution in [-0.4, -0.2) is 51.7 Å². The molecule has 0 saturated carbocycles. The third-order valence-electron chi connectivity index (χ3n) is 6.36. The minimum Gasteiger partial charge on any atom is -0.508 e. The fourth-order valence-electron chi connectivity index (χ4n) is 3.86. The van der Waals surface area contributed by atoms with Gasteiger partial charge in [-0.25, -0.2) is 0 Å². The second-order valence-corrected chi connectivity index (χ2v) is 9.79. The lowest BCUT2D eigenvalue weighted by molar-refractivity contribution is -0.132. The average molecular weight is 531 g/mol. The van der Waals surface area contributed by atoms with Crippen molar-refractivity contribution in [1.29, 1.82) is 0 Å². The smallest absolute Gasteiger partial charge is 0.251 e. The molecule has 0 saturated heterocycles. The van der Waals surface area contributed by atoms with E-state index in [4.69, 9.17) is 0 Å². The molecule has 1 aromatic heterocycles. The second-order valence-electron chi connectivity index (χ2n) is 9.79. The summed E-state index contributed by atoms with van der Waals surface area (Å²) in [6, 6.07) is 14.3. The highest BCUT2D eigenvalue weighted by Crippen LogP contribution is 2.19. The number of Topliss-reactive ketones (excluding diaryl/α,β-unsaturated/α-hetero) is 1. The zero-order valence-corrected chi connectivity index (χ0v) is 22.5. The van der Waals surface area contributed by atoms with Gasteiger partial charge in [-0.05, 0) is 66.8 Å². The normalized spacial score (nSPS) is 13.2. The Kier molecular flexibility index (Phi) is 9.92. The molecule has 0 bridgehead atoms. The first kappa shape index (κ1) is 29.0. The van der Waals surface area contributed by atoms with Crippen LogP contribution in [0.2, 0.25) is 0 Å². The summed E-state index contributed by atoms with van der Waals surface area (Å²) in [5.41, 5.74) is 2.90. The van der Waals surface area contributed by atoms with Crippen molar-refractivity contribution in [3.8, 4) is 16.9 Å². The number of phenolic OH excluding ortho intramolecular Hbond substituents is 1. The number of phenols is 1. The van der Waals surface area contributed by atoms with Gasteiger partial charge in [-0.2, -0.15) is 0 Å². The van der Waals surface area contributed by atoms with E-state index in [1.807, 2.05) is 24.3 Å². The SMILES string of the molecule is CC(=O)C(C)NC(=O)C(Cc1ccc(O)cc1)NC(=O)C(NC(=O)c1ccc(-c2cccnc2)cc1)C(C)C. The Balaban J connectivity index is 1.74. The molecule has 0 aliphatic rings. The number of nitrogens with zero attached hydrogens (tertiary/aromatic N) is 1. The van der Waals surface area contributed by atoms with Crippen LogP contribution in [0.15, 0.2) is 73.1 Å². The van der Waals surface area contributed by atoms with Crippen molar-refractivity contribution in [3.05, 3.63) is 84.2 Å². The van der Waals surface area contributed by atoms with Crippen LogP contribution < -0.4 is 16.0 Å². The molecule has 3 atom stereocenters. The first-order chi connectivity index (χ1) is 18.5. The molecular formula is C30H34N4O5. The minimum atomic E-state index is -1.01. The van der Waals surface area contributed by atoms with Gasteiger partial charge in [0.05, 0.1) is 6.04 Å². The molecule has 204 valence electrons. The maximum Gasteiger partial charge on any atom is 0.251 e. The molecule has 9 nitrogen and oxygen atoms in total. The number of aromatic nitrogens is 1. The van der Waals surface area contributed by atoms with Crippen LogP contribution in [0, 0.1) is 5.92 Å². The van der Waals surface area contributed by atoms with Crippen molar-refractivity contribution in [2.24, 2.45) is 5.92 Å². The van der Waals surface area contributed by atoms with Gasteiger partial charge in [-0.1, -0.05) is 44.2 Å². The minimum absolute atomic E-state index is 0.0741. The molecule has 0 spiro atoms. The van der Waals surface area contributed by atoms with E-state index in [9.17, 15) is 24.3 Å². The van der Waals surface area contributed by atoms with E-state index in [1.54, 1.807) is 57.4 Å². The van der Waals surface area contributed by atoms with E-state index in [0.29, 0.717) is 11.1 Å². The van der Waals surface area contributed by atoms with Gasteiger partial charge in [-0.3, -0.25) is 24.2 Å². The van der Waals surface area contributed by atoms with Gasteiger partial charge < -0.3 is 21.1 Å². The molecule has 0 aliphatic carbocycles. The number of aromatic hydroxyl groups is 1. The number of amides is 3. The van der Waals surface area contributed by atoms with Crippen LogP contribution in [0.5, 0.6) is 5.75 Å². The van der Waals surface area contributed by atoms with Crippen LogP contribution >= 0.6 is 0 Å². The maximum atomic E-state index is 13.3. The Morgan fingerprint density at radius 1 is 0.821 bits per heavy atom.